The van der Waals surface area contributed by atoms with E-state index in [0.717, 1.165) is 38.5 Å². The summed E-state index contributed by atoms with van der Waals surface area (Å²) < 4.78 is 11.1. The van der Waals surface area contributed by atoms with Crippen LogP contribution in [0.2, 0.25) is 0 Å². The number of ether oxygens (including phenoxy) is 2. The van der Waals surface area contributed by atoms with Gasteiger partial charge in [0.2, 0.25) is 0 Å². The molecule has 1 atom stereocenters. The van der Waals surface area contributed by atoms with Crippen molar-refractivity contribution in [1.82, 2.24) is 0 Å². The molecular weight excluding hydrogens is 568 g/mol. The Bertz CT molecular complexity index is 683. The van der Waals surface area contributed by atoms with E-state index < -0.39 is 6.10 Å². The lowest BCUT2D eigenvalue weighted by Crippen LogP contribution is -2.27. The van der Waals surface area contributed by atoms with E-state index in [1.807, 2.05) is 0 Å². The third kappa shape index (κ3) is 37.1. The van der Waals surface area contributed by atoms with Gasteiger partial charge >= 0.3 is 5.97 Å². The fraction of sp³-hybridized carbons (Fsp3) is 0.833. The predicted octanol–water partition coefficient (Wildman–Crippen LogP) is 12.9. The van der Waals surface area contributed by atoms with E-state index in [-0.39, 0.29) is 12.6 Å². The molecule has 46 heavy (non-hydrogen) atoms. The normalized spacial score (nSPS) is 12.7. The van der Waals surface area contributed by atoms with Crippen LogP contribution in [0.15, 0.2) is 36.5 Å². The first-order valence-electron chi connectivity index (χ1n) is 20.1. The van der Waals surface area contributed by atoms with Gasteiger partial charge in [-0.3, -0.25) is 4.79 Å². The maximum absolute atomic E-state index is 12.1. The summed E-state index contributed by atoms with van der Waals surface area (Å²) in [7, 11) is 0. The molecule has 0 aromatic heterocycles. The van der Waals surface area contributed by atoms with Gasteiger partial charge in [0.15, 0.2) is 0 Å². The molecular formula is C42H78O4. The first-order valence-corrected chi connectivity index (χ1v) is 20.1. The highest BCUT2D eigenvalue weighted by molar-refractivity contribution is 5.69. The van der Waals surface area contributed by atoms with Gasteiger partial charge in [-0.15, -0.1) is 0 Å². The molecule has 0 aliphatic rings. The van der Waals surface area contributed by atoms with Crippen molar-refractivity contribution in [2.45, 2.75) is 206 Å². The van der Waals surface area contributed by atoms with Crippen LogP contribution in [0.3, 0.4) is 0 Å². The Morgan fingerprint density at radius 1 is 0.522 bits per heavy atom. The van der Waals surface area contributed by atoms with E-state index in [0.29, 0.717) is 19.6 Å². The third-order valence-electron chi connectivity index (χ3n) is 8.67. The molecule has 1 N–H and O–H groups in total. The third-order valence-corrected chi connectivity index (χ3v) is 8.67. The van der Waals surface area contributed by atoms with Crippen LogP contribution in [0.4, 0.5) is 0 Å². The highest BCUT2D eigenvalue weighted by Gasteiger charge is 2.13. The summed E-state index contributed by atoms with van der Waals surface area (Å²) in [5, 5.41) is 9.55. The van der Waals surface area contributed by atoms with E-state index in [2.05, 4.69) is 50.3 Å². The summed E-state index contributed by atoms with van der Waals surface area (Å²) in [5.74, 6) is -0.213. The number of rotatable bonds is 37. The van der Waals surface area contributed by atoms with Crippen molar-refractivity contribution in [2.75, 3.05) is 19.8 Å². The second kappa shape index (κ2) is 39.8. The summed E-state index contributed by atoms with van der Waals surface area (Å²) in [4.78, 5) is 12.1. The maximum Gasteiger partial charge on any atom is 0.306 e. The van der Waals surface area contributed by atoms with Crippen molar-refractivity contribution in [1.29, 1.82) is 0 Å². The SMILES string of the molecule is CCC/C=C\CCCCCCCC(=O)OC(CO)COCCCCCCCCCCCCCC/C=C\C/C=C\CCCCCCC. The molecule has 0 aliphatic heterocycles. The summed E-state index contributed by atoms with van der Waals surface area (Å²) in [6.45, 7) is 5.27. The standard InChI is InChI=1S/C42H78O4/c1-3-5-7-9-11-13-15-16-17-18-19-20-21-22-23-24-25-26-27-28-30-32-34-36-38-45-40-41(39-43)46-42(44)37-35-33-31-29-14-12-10-8-6-4-2/h8,10,15-16,18-19,41,43H,3-7,9,11-14,17,20-40H2,1-2H3/b10-8-,16-15-,19-18-. The monoisotopic (exact) mass is 647 g/mol. The minimum absolute atomic E-state index is 0.175. The summed E-state index contributed by atoms with van der Waals surface area (Å²) in [6, 6.07) is 0. The minimum Gasteiger partial charge on any atom is -0.457 e. The average Bonchev–Trinajstić information content (AvgIpc) is 3.06. The van der Waals surface area contributed by atoms with E-state index >= 15 is 0 Å². The van der Waals surface area contributed by atoms with Gasteiger partial charge < -0.3 is 14.6 Å². The zero-order chi connectivity index (χ0) is 33.4. The average molecular weight is 647 g/mol. The highest BCUT2D eigenvalue weighted by atomic mass is 16.6. The number of unbranched alkanes of at least 4 members (excludes halogenated alkanes) is 23. The lowest BCUT2D eigenvalue weighted by atomic mass is 10.0. The lowest BCUT2D eigenvalue weighted by molar-refractivity contribution is -0.154. The molecule has 0 radical (unpaired) electrons. The van der Waals surface area contributed by atoms with Gasteiger partial charge in [0.25, 0.3) is 0 Å². The molecule has 0 spiro atoms. The van der Waals surface area contributed by atoms with E-state index in [4.69, 9.17) is 9.47 Å². The summed E-state index contributed by atoms with van der Waals surface area (Å²) >= 11 is 0. The zero-order valence-corrected chi connectivity index (χ0v) is 30.8. The van der Waals surface area contributed by atoms with E-state index in [9.17, 15) is 9.90 Å². The van der Waals surface area contributed by atoms with E-state index in [1.165, 1.54) is 141 Å². The summed E-state index contributed by atoms with van der Waals surface area (Å²) in [5.41, 5.74) is 0. The van der Waals surface area contributed by atoms with E-state index in [1.54, 1.807) is 0 Å². The molecule has 1 unspecified atom stereocenters. The summed E-state index contributed by atoms with van der Waals surface area (Å²) in [6.07, 6.45) is 49.2. The van der Waals surface area contributed by atoms with Gasteiger partial charge in [-0.05, 0) is 64.2 Å². The molecule has 0 bridgehead atoms. The van der Waals surface area contributed by atoms with Crippen LogP contribution in [-0.2, 0) is 14.3 Å². The van der Waals surface area contributed by atoms with Gasteiger partial charge in [-0.1, -0.05) is 166 Å². The number of hydrogen-bond donors (Lipinski definition) is 1. The zero-order valence-electron chi connectivity index (χ0n) is 30.8. The van der Waals surface area contributed by atoms with Crippen molar-refractivity contribution in [3.05, 3.63) is 36.5 Å². The highest BCUT2D eigenvalue weighted by Crippen LogP contribution is 2.14. The Morgan fingerprint density at radius 2 is 0.957 bits per heavy atom. The molecule has 0 fully saturated rings. The molecule has 0 saturated carbocycles. The van der Waals surface area contributed by atoms with Crippen molar-refractivity contribution < 1.29 is 19.4 Å². The van der Waals surface area contributed by atoms with Crippen LogP contribution in [0, 0.1) is 0 Å². The Morgan fingerprint density at radius 3 is 1.46 bits per heavy atom. The van der Waals surface area contributed by atoms with Crippen LogP contribution in [-0.4, -0.2) is 37.0 Å². The number of esters is 1. The molecule has 0 aliphatic carbocycles. The molecule has 0 heterocycles. The van der Waals surface area contributed by atoms with Crippen LogP contribution < -0.4 is 0 Å². The number of aliphatic hydroxyl groups excluding tert-OH is 1. The first kappa shape index (κ1) is 44.6. The topological polar surface area (TPSA) is 55.8 Å². The molecule has 0 aromatic rings. The number of carbonyl (C=O) groups is 1. The first-order chi connectivity index (χ1) is 22.7. The van der Waals surface area contributed by atoms with Crippen molar-refractivity contribution in [3.63, 3.8) is 0 Å². The predicted molar refractivity (Wildman–Crippen MR) is 200 cm³/mol. The molecule has 4 heteroatoms. The quantitative estimate of drug-likeness (QED) is 0.0414. The molecule has 0 aromatic carbocycles. The number of aliphatic hydroxyl groups is 1. The Labute approximate surface area is 287 Å². The minimum atomic E-state index is -0.536. The smallest absolute Gasteiger partial charge is 0.306 e. The number of allylic oxidation sites excluding steroid dienone is 6. The molecule has 270 valence electrons. The molecule has 0 saturated heterocycles. The van der Waals surface area contributed by atoms with Crippen molar-refractivity contribution in [3.8, 4) is 0 Å². The number of carbonyl (C=O) groups excluding carboxylic acids is 1. The molecule has 0 rings (SSSR count). The maximum atomic E-state index is 12.1. The van der Waals surface area contributed by atoms with Gasteiger partial charge in [0.1, 0.15) is 6.10 Å². The van der Waals surface area contributed by atoms with Gasteiger partial charge in [0, 0.05) is 13.0 Å². The van der Waals surface area contributed by atoms with Crippen LogP contribution in [0.5, 0.6) is 0 Å². The fourth-order valence-corrected chi connectivity index (χ4v) is 5.65. The van der Waals surface area contributed by atoms with Crippen LogP contribution in [0.1, 0.15) is 200 Å². The largest absolute Gasteiger partial charge is 0.457 e. The second-order valence-corrected chi connectivity index (χ2v) is 13.3. The van der Waals surface area contributed by atoms with Crippen LogP contribution in [0.25, 0.3) is 0 Å². The Hall–Kier alpha value is -1.39. The van der Waals surface area contributed by atoms with Crippen LogP contribution >= 0.6 is 0 Å². The lowest BCUT2D eigenvalue weighted by Gasteiger charge is -2.15. The molecule has 0 amide bonds. The number of hydrogen-bond acceptors (Lipinski definition) is 4. The Balaban J connectivity index is 3.38. The Kier molecular flexibility index (Phi) is 38.6. The van der Waals surface area contributed by atoms with Crippen molar-refractivity contribution >= 4 is 5.97 Å². The fourth-order valence-electron chi connectivity index (χ4n) is 5.65. The van der Waals surface area contributed by atoms with Gasteiger partial charge in [-0.25, -0.2) is 0 Å². The molecule has 4 nitrogen and oxygen atoms in total. The van der Waals surface area contributed by atoms with Gasteiger partial charge in [-0.2, -0.15) is 0 Å². The van der Waals surface area contributed by atoms with Gasteiger partial charge in [0.05, 0.1) is 13.2 Å². The van der Waals surface area contributed by atoms with Crippen molar-refractivity contribution in [2.24, 2.45) is 0 Å². The second-order valence-electron chi connectivity index (χ2n) is 13.3.